The van der Waals surface area contributed by atoms with E-state index in [0.717, 1.165) is 33.1 Å². The maximum Gasteiger partial charge on any atom is 0.143 e. The van der Waals surface area contributed by atoms with Crippen LogP contribution in [0, 0.1) is 0 Å². The molecule has 1 aromatic heterocycles. The number of hydrogen-bond donors (Lipinski definition) is 0. The molecule has 0 bridgehead atoms. The van der Waals surface area contributed by atoms with Crippen molar-refractivity contribution in [3.63, 3.8) is 0 Å². The van der Waals surface area contributed by atoms with E-state index in [-0.39, 0.29) is 0 Å². The van der Waals surface area contributed by atoms with Crippen LogP contribution in [0.4, 0.5) is 0 Å². The molecule has 0 radical (unpaired) electrons. The third-order valence-corrected chi connectivity index (χ3v) is 13.1. The highest BCUT2D eigenvalue weighted by atomic mass is 16.3. The van der Waals surface area contributed by atoms with Gasteiger partial charge in [-0.05, 0) is 116 Å². The minimum absolute atomic E-state index is 0.896. The molecular formula is C60H36O. The summed E-state index contributed by atoms with van der Waals surface area (Å²) in [4.78, 5) is 0. The second kappa shape index (κ2) is 13.3. The van der Waals surface area contributed by atoms with Gasteiger partial charge in [-0.2, -0.15) is 0 Å². The molecule has 282 valence electrons. The summed E-state index contributed by atoms with van der Waals surface area (Å²) in [6, 6.07) is 80.2. The molecule has 13 aromatic rings. The molecule has 0 saturated carbocycles. The molecule has 1 heteroatoms. The van der Waals surface area contributed by atoms with Crippen LogP contribution < -0.4 is 0 Å². The summed E-state index contributed by atoms with van der Waals surface area (Å²) < 4.78 is 6.79. The standard InChI is InChI=1S/C60H36O/c1-2-18-39-37(16-1)17-13-28-40(39)47-29-14-30-52(54-32-15-31-53-46-23-11-12-33-56(46)61-60(53)54)58(47)59-50-26-9-7-24-48(50)57(49-25-8-10-27-51(49)59)38-34-35-45-43-21-4-3-19-41(43)42-20-5-6-22-44(42)55(45)36-38/h1-36H. The zero-order chi connectivity index (χ0) is 40.0. The van der Waals surface area contributed by atoms with E-state index in [4.69, 9.17) is 4.42 Å². The van der Waals surface area contributed by atoms with Crippen LogP contribution in [-0.4, -0.2) is 0 Å². The summed E-state index contributed by atoms with van der Waals surface area (Å²) >= 11 is 0. The third-order valence-electron chi connectivity index (χ3n) is 13.1. The van der Waals surface area contributed by atoms with Crippen LogP contribution in [0.1, 0.15) is 0 Å². The Morgan fingerprint density at radius 1 is 0.230 bits per heavy atom. The van der Waals surface area contributed by atoms with E-state index in [1.54, 1.807) is 0 Å². The summed E-state index contributed by atoms with van der Waals surface area (Å²) in [5.74, 6) is 0. The Balaban J connectivity index is 1.17. The minimum atomic E-state index is 0.896. The van der Waals surface area contributed by atoms with Gasteiger partial charge in [0, 0.05) is 16.3 Å². The lowest BCUT2D eigenvalue weighted by atomic mass is 9.80. The van der Waals surface area contributed by atoms with Crippen LogP contribution in [0.15, 0.2) is 223 Å². The maximum absolute atomic E-state index is 6.79. The highest BCUT2D eigenvalue weighted by Crippen LogP contribution is 2.51. The van der Waals surface area contributed by atoms with E-state index in [2.05, 4.69) is 218 Å². The Morgan fingerprint density at radius 3 is 1.33 bits per heavy atom. The van der Waals surface area contributed by atoms with Crippen molar-refractivity contribution in [1.82, 2.24) is 0 Å². The lowest BCUT2D eigenvalue weighted by Gasteiger charge is -2.23. The molecule has 1 heterocycles. The number of fused-ring (bicyclic) bond motifs is 12. The van der Waals surface area contributed by atoms with Crippen molar-refractivity contribution in [3.05, 3.63) is 218 Å². The largest absolute Gasteiger partial charge is 0.455 e. The van der Waals surface area contributed by atoms with Gasteiger partial charge >= 0.3 is 0 Å². The summed E-state index contributed by atoms with van der Waals surface area (Å²) in [7, 11) is 0. The Hall–Kier alpha value is -8.00. The molecule has 61 heavy (non-hydrogen) atoms. The van der Waals surface area contributed by atoms with Gasteiger partial charge in [0.25, 0.3) is 0 Å². The molecule has 12 aromatic carbocycles. The molecule has 0 spiro atoms. The molecule has 0 N–H and O–H groups in total. The maximum atomic E-state index is 6.79. The summed E-state index contributed by atoms with van der Waals surface area (Å²) in [6.07, 6.45) is 0. The lowest BCUT2D eigenvalue weighted by molar-refractivity contribution is 0.670. The molecule has 0 aliphatic heterocycles. The van der Waals surface area contributed by atoms with Crippen LogP contribution in [-0.2, 0) is 0 Å². The molecular weight excluding hydrogens is 737 g/mol. The van der Waals surface area contributed by atoms with Gasteiger partial charge in [-0.15, -0.1) is 0 Å². The SMILES string of the molecule is c1cc(-c2cccc3ccccc23)c(-c2c3ccccc3c(-c3ccc4c5ccccc5c5ccccc5c4c3)c3ccccc23)c(-c2cccc3c2oc2ccccc23)c1. The van der Waals surface area contributed by atoms with E-state index in [0.29, 0.717) is 0 Å². The smallest absolute Gasteiger partial charge is 0.143 e. The van der Waals surface area contributed by atoms with Crippen molar-refractivity contribution < 1.29 is 4.42 Å². The molecule has 1 nitrogen and oxygen atoms in total. The van der Waals surface area contributed by atoms with Crippen molar-refractivity contribution in [2.24, 2.45) is 0 Å². The number of hydrogen-bond acceptors (Lipinski definition) is 1. The number of para-hydroxylation sites is 2. The van der Waals surface area contributed by atoms with Crippen LogP contribution in [0.5, 0.6) is 0 Å². The van der Waals surface area contributed by atoms with E-state index in [9.17, 15) is 0 Å². The zero-order valence-corrected chi connectivity index (χ0v) is 33.2. The lowest BCUT2D eigenvalue weighted by Crippen LogP contribution is -1.96. The summed E-state index contributed by atoms with van der Waals surface area (Å²) in [6.45, 7) is 0. The zero-order valence-electron chi connectivity index (χ0n) is 33.2. The third kappa shape index (κ3) is 5.02. The van der Waals surface area contributed by atoms with Gasteiger partial charge in [-0.1, -0.05) is 206 Å². The molecule has 0 saturated heterocycles. The van der Waals surface area contributed by atoms with Crippen LogP contribution in [0.3, 0.4) is 0 Å². The predicted molar refractivity (Wildman–Crippen MR) is 260 cm³/mol. The first-order valence-electron chi connectivity index (χ1n) is 21.1. The van der Waals surface area contributed by atoms with Crippen molar-refractivity contribution in [2.75, 3.05) is 0 Å². The Bertz CT molecular complexity index is 3840. The molecule has 0 unspecified atom stereocenters. The van der Waals surface area contributed by atoms with Gasteiger partial charge in [0.1, 0.15) is 11.2 Å². The van der Waals surface area contributed by atoms with Crippen molar-refractivity contribution in [1.29, 1.82) is 0 Å². The van der Waals surface area contributed by atoms with E-state index in [1.165, 1.54) is 98.0 Å². The number of furan rings is 1. The van der Waals surface area contributed by atoms with Crippen LogP contribution in [0.25, 0.3) is 131 Å². The normalized spacial score (nSPS) is 11.9. The molecule has 0 aliphatic carbocycles. The molecule has 0 fully saturated rings. The first-order valence-corrected chi connectivity index (χ1v) is 21.1. The van der Waals surface area contributed by atoms with Crippen LogP contribution >= 0.6 is 0 Å². The second-order valence-electron chi connectivity index (χ2n) is 16.2. The minimum Gasteiger partial charge on any atom is -0.455 e. The topological polar surface area (TPSA) is 13.1 Å². The van der Waals surface area contributed by atoms with Gasteiger partial charge in [0.2, 0.25) is 0 Å². The fourth-order valence-electron chi connectivity index (χ4n) is 10.5. The van der Waals surface area contributed by atoms with E-state index < -0.39 is 0 Å². The van der Waals surface area contributed by atoms with Crippen molar-refractivity contribution in [2.45, 2.75) is 0 Å². The highest BCUT2D eigenvalue weighted by molar-refractivity contribution is 6.28. The first kappa shape index (κ1) is 33.9. The molecule has 0 atom stereocenters. The fraction of sp³-hybridized carbons (Fsp3) is 0. The van der Waals surface area contributed by atoms with Gasteiger partial charge in [-0.25, -0.2) is 0 Å². The molecule has 0 amide bonds. The fourth-order valence-corrected chi connectivity index (χ4v) is 10.5. The van der Waals surface area contributed by atoms with E-state index >= 15 is 0 Å². The van der Waals surface area contributed by atoms with Gasteiger partial charge in [0.15, 0.2) is 0 Å². The van der Waals surface area contributed by atoms with Crippen molar-refractivity contribution in [3.8, 4) is 44.5 Å². The Kier molecular flexibility index (Phi) is 7.37. The quantitative estimate of drug-likeness (QED) is 0.128. The molecule has 13 rings (SSSR count). The van der Waals surface area contributed by atoms with Crippen LogP contribution in [0.2, 0.25) is 0 Å². The van der Waals surface area contributed by atoms with Gasteiger partial charge < -0.3 is 4.42 Å². The number of rotatable bonds is 4. The highest BCUT2D eigenvalue weighted by Gasteiger charge is 2.25. The van der Waals surface area contributed by atoms with Gasteiger partial charge in [-0.3, -0.25) is 0 Å². The van der Waals surface area contributed by atoms with E-state index in [1.807, 2.05) is 0 Å². The van der Waals surface area contributed by atoms with Crippen molar-refractivity contribution >= 4 is 86.6 Å². The monoisotopic (exact) mass is 772 g/mol. The first-order chi connectivity index (χ1) is 30.3. The predicted octanol–water partition coefficient (Wildman–Crippen LogP) is 17.2. The molecule has 0 aliphatic rings. The van der Waals surface area contributed by atoms with Gasteiger partial charge in [0.05, 0.1) is 0 Å². The average molecular weight is 773 g/mol. The Labute approximate surface area is 352 Å². The Morgan fingerprint density at radius 2 is 0.656 bits per heavy atom. The average Bonchev–Trinajstić information content (AvgIpc) is 3.72. The number of benzene rings is 12. The summed E-state index contributed by atoms with van der Waals surface area (Å²) in [5, 5.41) is 17.2. The second-order valence-corrected chi connectivity index (χ2v) is 16.2. The summed E-state index contributed by atoms with van der Waals surface area (Å²) in [5.41, 5.74) is 11.3.